The molecule has 2 aromatic heterocycles. The first kappa shape index (κ1) is 11.1. The standard InChI is InChI=1S/C13H10FN3S/c14-10-1-2-11-12(5-10)16-8-17-13(11)15-6-9-3-4-18-7-9/h1-5,7-8H,6H2,(H,15,16,17). The second-order valence-electron chi connectivity index (χ2n) is 3.87. The molecule has 5 heteroatoms. The number of benzene rings is 1. The maximum absolute atomic E-state index is 13.1. The summed E-state index contributed by atoms with van der Waals surface area (Å²) in [6.07, 6.45) is 1.44. The molecule has 2 heterocycles. The van der Waals surface area contributed by atoms with Crippen LogP contribution in [0, 0.1) is 5.82 Å². The van der Waals surface area contributed by atoms with Gasteiger partial charge in [0, 0.05) is 18.0 Å². The van der Waals surface area contributed by atoms with Crippen LogP contribution in [0.3, 0.4) is 0 Å². The molecule has 3 aromatic rings. The van der Waals surface area contributed by atoms with Crippen LogP contribution >= 0.6 is 11.3 Å². The summed E-state index contributed by atoms with van der Waals surface area (Å²) in [6, 6.07) is 6.58. The monoisotopic (exact) mass is 259 g/mol. The van der Waals surface area contributed by atoms with E-state index in [9.17, 15) is 4.39 Å². The number of hydrogen-bond donors (Lipinski definition) is 1. The van der Waals surface area contributed by atoms with Crippen LogP contribution in [-0.4, -0.2) is 9.97 Å². The predicted octanol–water partition coefficient (Wildman–Crippen LogP) is 3.44. The van der Waals surface area contributed by atoms with Crippen LogP contribution in [0.25, 0.3) is 10.9 Å². The third kappa shape index (κ3) is 2.17. The van der Waals surface area contributed by atoms with Crippen LogP contribution in [-0.2, 0) is 6.54 Å². The molecule has 0 aliphatic heterocycles. The van der Waals surface area contributed by atoms with Crippen LogP contribution in [0.5, 0.6) is 0 Å². The van der Waals surface area contributed by atoms with E-state index < -0.39 is 0 Å². The Labute approximate surface area is 107 Å². The van der Waals surface area contributed by atoms with Crippen LogP contribution < -0.4 is 5.32 Å². The van der Waals surface area contributed by atoms with Gasteiger partial charge in [-0.3, -0.25) is 0 Å². The summed E-state index contributed by atoms with van der Waals surface area (Å²) >= 11 is 1.66. The van der Waals surface area contributed by atoms with E-state index in [1.54, 1.807) is 17.4 Å². The van der Waals surface area contributed by atoms with Gasteiger partial charge in [0.25, 0.3) is 0 Å². The zero-order chi connectivity index (χ0) is 12.4. The van der Waals surface area contributed by atoms with E-state index in [0.29, 0.717) is 12.1 Å². The molecule has 0 amide bonds. The van der Waals surface area contributed by atoms with Crippen molar-refractivity contribution in [2.75, 3.05) is 5.32 Å². The van der Waals surface area contributed by atoms with E-state index >= 15 is 0 Å². The summed E-state index contributed by atoms with van der Waals surface area (Å²) in [5.74, 6) is 0.441. The van der Waals surface area contributed by atoms with Crippen LogP contribution in [0.2, 0.25) is 0 Å². The third-order valence-electron chi connectivity index (χ3n) is 2.64. The first-order valence-corrected chi connectivity index (χ1v) is 6.42. The van der Waals surface area contributed by atoms with Gasteiger partial charge in [0.15, 0.2) is 0 Å². The number of fused-ring (bicyclic) bond motifs is 1. The molecule has 1 N–H and O–H groups in total. The Morgan fingerprint density at radius 2 is 2.17 bits per heavy atom. The van der Waals surface area contributed by atoms with E-state index in [4.69, 9.17) is 0 Å². The highest BCUT2D eigenvalue weighted by Gasteiger charge is 2.04. The largest absolute Gasteiger partial charge is 0.365 e. The number of thiophene rings is 1. The molecule has 0 aliphatic carbocycles. The highest BCUT2D eigenvalue weighted by atomic mass is 32.1. The Kier molecular flexibility index (Phi) is 2.90. The molecule has 90 valence electrons. The molecule has 18 heavy (non-hydrogen) atoms. The minimum Gasteiger partial charge on any atom is -0.365 e. The lowest BCUT2D eigenvalue weighted by Crippen LogP contribution is -2.01. The number of nitrogens with one attached hydrogen (secondary N) is 1. The summed E-state index contributed by atoms with van der Waals surface area (Å²) in [6.45, 7) is 0.701. The molecule has 0 fully saturated rings. The number of hydrogen-bond acceptors (Lipinski definition) is 4. The highest BCUT2D eigenvalue weighted by molar-refractivity contribution is 7.07. The number of halogens is 1. The average molecular weight is 259 g/mol. The van der Waals surface area contributed by atoms with Crippen molar-refractivity contribution < 1.29 is 4.39 Å². The summed E-state index contributed by atoms with van der Waals surface area (Å²) in [7, 11) is 0. The smallest absolute Gasteiger partial charge is 0.137 e. The first-order valence-electron chi connectivity index (χ1n) is 5.48. The fourth-order valence-electron chi connectivity index (χ4n) is 1.75. The molecule has 1 aromatic carbocycles. The Morgan fingerprint density at radius 1 is 1.22 bits per heavy atom. The molecule has 0 radical (unpaired) electrons. The number of rotatable bonds is 3. The fraction of sp³-hybridized carbons (Fsp3) is 0.0769. The van der Waals surface area contributed by atoms with Crippen molar-refractivity contribution in [1.82, 2.24) is 9.97 Å². The highest BCUT2D eigenvalue weighted by Crippen LogP contribution is 2.20. The zero-order valence-corrected chi connectivity index (χ0v) is 10.2. The van der Waals surface area contributed by atoms with E-state index in [0.717, 1.165) is 11.2 Å². The van der Waals surface area contributed by atoms with Gasteiger partial charge in [0.2, 0.25) is 0 Å². The molecule has 0 saturated carbocycles. The third-order valence-corrected chi connectivity index (χ3v) is 3.37. The van der Waals surface area contributed by atoms with Crippen LogP contribution in [0.4, 0.5) is 10.2 Å². The number of nitrogens with zero attached hydrogens (tertiary/aromatic N) is 2. The summed E-state index contributed by atoms with van der Waals surface area (Å²) < 4.78 is 13.1. The Hall–Kier alpha value is -2.01. The molecule has 0 atom stereocenters. The van der Waals surface area contributed by atoms with E-state index in [2.05, 4.69) is 26.7 Å². The lowest BCUT2D eigenvalue weighted by atomic mass is 10.2. The second kappa shape index (κ2) is 4.70. The maximum atomic E-state index is 13.1. The lowest BCUT2D eigenvalue weighted by molar-refractivity contribution is 0.629. The molecule has 0 saturated heterocycles. The molecule has 3 rings (SSSR count). The molecular formula is C13H10FN3S. The number of anilines is 1. The van der Waals surface area contributed by atoms with Gasteiger partial charge in [0.05, 0.1) is 5.52 Å². The number of aromatic nitrogens is 2. The van der Waals surface area contributed by atoms with Crippen molar-refractivity contribution in [2.45, 2.75) is 6.54 Å². The first-order chi connectivity index (χ1) is 8.83. The normalized spacial score (nSPS) is 10.7. The second-order valence-corrected chi connectivity index (χ2v) is 4.65. The van der Waals surface area contributed by atoms with Gasteiger partial charge in [-0.15, -0.1) is 0 Å². The van der Waals surface area contributed by atoms with Crippen molar-refractivity contribution >= 4 is 28.1 Å². The molecule has 3 nitrogen and oxygen atoms in total. The lowest BCUT2D eigenvalue weighted by Gasteiger charge is -2.07. The fourth-order valence-corrected chi connectivity index (χ4v) is 2.42. The van der Waals surface area contributed by atoms with Gasteiger partial charge in [-0.05, 0) is 34.5 Å². The SMILES string of the molecule is Fc1ccc2c(NCc3ccsc3)ncnc2c1. The van der Waals surface area contributed by atoms with Crippen molar-refractivity contribution in [3.63, 3.8) is 0 Å². The predicted molar refractivity (Wildman–Crippen MR) is 71.1 cm³/mol. The summed E-state index contributed by atoms with van der Waals surface area (Å²) in [5.41, 5.74) is 1.81. The Balaban J connectivity index is 1.92. The van der Waals surface area contributed by atoms with Crippen molar-refractivity contribution in [1.29, 1.82) is 0 Å². The molecule has 0 aliphatic rings. The Morgan fingerprint density at radius 3 is 3.00 bits per heavy atom. The minimum atomic E-state index is -0.287. The van der Waals surface area contributed by atoms with Crippen LogP contribution in [0.1, 0.15) is 5.56 Å². The van der Waals surface area contributed by atoms with Gasteiger partial charge < -0.3 is 5.32 Å². The van der Waals surface area contributed by atoms with E-state index in [-0.39, 0.29) is 5.82 Å². The van der Waals surface area contributed by atoms with Gasteiger partial charge >= 0.3 is 0 Å². The van der Waals surface area contributed by atoms with Gasteiger partial charge in [-0.2, -0.15) is 11.3 Å². The Bertz CT molecular complexity index is 667. The van der Waals surface area contributed by atoms with Gasteiger partial charge in [-0.1, -0.05) is 0 Å². The van der Waals surface area contributed by atoms with Crippen molar-refractivity contribution in [3.8, 4) is 0 Å². The molecular weight excluding hydrogens is 249 g/mol. The van der Waals surface area contributed by atoms with E-state index in [1.165, 1.54) is 24.0 Å². The zero-order valence-electron chi connectivity index (χ0n) is 9.43. The molecule has 0 spiro atoms. The van der Waals surface area contributed by atoms with Gasteiger partial charge in [-0.25, -0.2) is 14.4 Å². The minimum absolute atomic E-state index is 0.287. The maximum Gasteiger partial charge on any atom is 0.137 e. The van der Waals surface area contributed by atoms with Crippen molar-refractivity contribution in [2.24, 2.45) is 0 Å². The topological polar surface area (TPSA) is 37.8 Å². The quantitative estimate of drug-likeness (QED) is 0.783. The van der Waals surface area contributed by atoms with Gasteiger partial charge in [0.1, 0.15) is 18.0 Å². The average Bonchev–Trinajstić information content (AvgIpc) is 2.89. The van der Waals surface area contributed by atoms with Crippen LogP contribution in [0.15, 0.2) is 41.4 Å². The van der Waals surface area contributed by atoms with Crippen molar-refractivity contribution in [3.05, 3.63) is 52.7 Å². The molecule has 0 bridgehead atoms. The summed E-state index contributed by atoms with van der Waals surface area (Å²) in [4.78, 5) is 8.25. The van der Waals surface area contributed by atoms with E-state index in [1.807, 2.05) is 5.38 Å². The molecule has 0 unspecified atom stereocenters. The summed E-state index contributed by atoms with van der Waals surface area (Å²) in [5, 5.41) is 8.18.